The normalized spacial score (nSPS) is 11.0. The quantitative estimate of drug-likeness (QED) is 0.742. The molecule has 0 fully saturated rings. The van der Waals surface area contributed by atoms with Crippen molar-refractivity contribution in [3.05, 3.63) is 54.1 Å². The molecule has 0 spiro atoms. The lowest BCUT2D eigenvalue weighted by atomic mass is 10.0. The average molecular weight is 386 g/mol. The number of likely N-dealkylation sites (N-methyl/N-ethyl adjacent to an activating group) is 1. The fraction of sp³-hybridized carbons (Fsp3) is 0.278. The number of methoxy groups -OCH3 is 1. The predicted molar refractivity (Wildman–Crippen MR) is 108 cm³/mol. The van der Waals surface area contributed by atoms with E-state index in [9.17, 15) is 4.79 Å². The molecule has 5 nitrogen and oxygen atoms in total. The summed E-state index contributed by atoms with van der Waals surface area (Å²) >= 11 is 0. The first-order valence-corrected chi connectivity index (χ1v) is 7.56. The van der Waals surface area contributed by atoms with Crippen LogP contribution in [0.3, 0.4) is 0 Å². The molecule has 2 aromatic carbocycles. The van der Waals surface area contributed by atoms with Gasteiger partial charge in [-0.15, -0.1) is 24.8 Å². The molecule has 0 aromatic heterocycles. The first-order valence-electron chi connectivity index (χ1n) is 7.56. The molecule has 2 rings (SSSR count). The van der Waals surface area contributed by atoms with E-state index in [1.807, 2.05) is 49.2 Å². The average Bonchev–Trinajstić information content (AvgIpc) is 2.56. The summed E-state index contributed by atoms with van der Waals surface area (Å²) in [4.78, 5) is 14.8. The maximum absolute atomic E-state index is 12.8. The van der Waals surface area contributed by atoms with Crippen LogP contribution >= 0.6 is 24.8 Å². The van der Waals surface area contributed by atoms with Gasteiger partial charge in [0.25, 0.3) is 0 Å². The molecular weight excluding hydrogens is 361 g/mol. The van der Waals surface area contributed by atoms with Crippen molar-refractivity contribution < 1.29 is 9.53 Å². The van der Waals surface area contributed by atoms with E-state index in [2.05, 4.69) is 5.32 Å². The number of ether oxygens (including phenoxy) is 1. The van der Waals surface area contributed by atoms with Gasteiger partial charge in [-0.05, 0) is 37.4 Å². The molecule has 138 valence electrons. The van der Waals surface area contributed by atoms with Gasteiger partial charge in [-0.2, -0.15) is 0 Å². The summed E-state index contributed by atoms with van der Waals surface area (Å²) in [5, 5.41) is 2.93. The molecule has 0 aliphatic rings. The zero-order chi connectivity index (χ0) is 16.8. The maximum Gasteiger partial charge on any atom is 0.246 e. The van der Waals surface area contributed by atoms with E-state index >= 15 is 0 Å². The van der Waals surface area contributed by atoms with Crippen molar-refractivity contribution in [1.29, 1.82) is 0 Å². The van der Waals surface area contributed by atoms with Crippen LogP contribution in [0.25, 0.3) is 0 Å². The summed E-state index contributed by atoms with van der Waals surface area (Å²) in [5.74, 6) is 0.499. The van der Waals surface area contributed by atoms with E-state index in [-0.39, 0.29) is 36.8 Å². The van der Waals surface area contributed by atoms with Crippen molar-refractivity contribution in [1.82, 2.24) is 4.90 Å². The summed E-state index contributed by atoms with van der Waals surface area (Å²) in [5.41, 5.74) is 7.99. The lowest BCUT2D eigenvalue weighted by molar-refractivity contribution is -0.121. The van der Waals surface area contributed by atoms with E-state index in [1.54, 1.807) is 25.3 Å². The lowest BCUT2D eigenvalue weighted by Gasteiger charge is -2.26. The van der Waals surface area contributed by atoms with Crippen molar-refractivity contribution in [2.75, 3.05) is 31.8 Å². The molecule has 3 N–H and O–H groups in total. The topological polar surface area (TPSA) is 67.6 Å². The summed E-state index contributed by atoms with van der Waals surface area (Å²) < 4.78 is 5.13. The maximum atomic E-state index is 12.8. The summed E-state index contributed by atoms with van der Waals surface area (Å²) in [6.45, 7) is 2.78. The number of halogens is 2. The molecule has 25 heavy (non-hydrogen) atoms. The Morgan fingerprint density at radius 1 is 1.20 bits per heavy atom. The Morgan fingerprint density at radius 2 is 1.84 bits per heavy atom. The minimum atomic E-state index is -0.357. The van der Waals surface area contributed by atoms with Crippen LogP contribution in [-0.4, -0.2) is 31.5 Å². The first kappa shape index (κ1) is 23.1. The zero-order valence-electron chi connectivity index (χ0n) is 14.6. The number of nitrogens with zero attached hydrogens (tertiary/aromatic N) is 1. The smallest absolute Gasteiger partial charge is 0.246 e. The first-order chi connectivity index (χ1) is 11.1. The fourth-order valence-corrected chi connectivity index (χ4v) is 2.45. The van der Waals surface area contributed by atoms with Crippen molar-refractivity contribution in [3.8, 4) is 5.75 Å². The Morgan fingerprint density at radius 3 is 2.36 bits per heavy atom. The predicted octanol–water partition coefficient (Wildman–Crippen LogP) is 3.75. The summed E-state index contributed by atoms with van der Waals surface area (Å²) in [7, 11) is 3.49. The van der Waals surface area contributed by atoms with Gasteiger partial charge in [0.05, 0.1) is 12.8 Å². The molecule has 7 heteroatoms. The van der Waals surface area contributed by atoms with Crippen molar-refractivity contribution in [3.63, 3.8) is 0 Å². The number of carbonyl (C=O) groups excluding carboxylic acids is 1. The van der Waals surface area contributed by atoms with Gasteiger partial charge < -0.3 is 15.8 Å². The molecule has 1 unspecified atom stereocenters. The molecule has 0 radical (unpaired) electrons. The standard InChI is InChI=1S/C18H23N3O2.2ClH/c1-4-21(2)17(13-8-6-5-7-9-13)18(22)20-14-10-11-16(23-3)15(19)12-14;;/h5-12,17H,4,19H2,1-3H3,(H,20,22);2*1H. The van der Waals surface area contributed by atoms with Crippen LogP contribution < -0.4 is 15.8 Å². The lowest BCUT2D eigenvalue weighted by Crippen LogP contribution is -2.34. The van der Waals surface area contributed by atoms with Gasteiger partial charge in [-0.3, -0.25) is 9.69 Å². The molecule has 0 aliphatic heterocycles. The van der Waals surface area contributed by atoms with E-state index in [0.29, 0.717) is 17.1 Å². The molecule has 0 heterocycles. The van der Waals surface area contributed by atoms with Crippen molar-refractivity contribution in [2.45, 2.75) is 13.0 Å². The van der Waals surface area contributed by atoms with Gasteiger partial charge in [-0.25, -0.2) is 0 Å². The van der Waals surface area contributed by atoms with Crippen LogP contribution in [0.2, 0.25) is 0 Å². The van der Waals surface area contributed by atoms with Crippen LogP contribution in [0.4, 0.5) is 11.4 Å². The second-order valence-electron chi connectivity index (χ2n) is 5.33. The van der Waals surface area contributed by atoms with Crippen molar-refractivity contribution >= 4 is 42.1 Å². The van der Waals surface area contributed by atoms with Gasteiger partial charge in [-0.1, -0.05) is 37.3 Å². The number of carbonyl (C=O) groups is 1. The molecule has 0 saturated carbocycles. The van der Waals surface area contributed by atoms with Crippen molar-refractivity contribution in [2.24, 2.45) is 0 Å². The van der Waals surface area contributed by atoms with Gasteiger partial charge in [0, 0.05) is 5.69 Å². The van der Waals surface area contributed by atoms with Gasteiger partial charge in [0.2, 0.25) is 5.91 Å². The molecule has 0 aliphatic carbocycles. The largest absolute Gasteiger partial charge is 0.495 e. The fourth-order valence-electron chi connectivity index (χ4n) is 2.45. The summed E-state index contributed by atoms with van der Waals surface area (Å²) in [6, 6.07) is 14.6. The van der Waals surface area contributed by atoms with E-state index < -0.39 is 0 Å². The number of rotatable bonds is 6. The zero-order valence-corrected chi connectivity index (χ0v) is 16.2. The molecule has 0 bridgehead atoms. The number of nitrogens with two attached hydrogens (primary N) is 1. The van der Waals surface area contributed by atoms with E-state index in [1.165, 1.54) is 0 Å². The number of anilines is 2. The van der Waals surface area contributed by atoms with Crippen LogP contribution in [0.5, 0.6) is 5.75 Å². The third-order valence-corrected chi connectivity index (χ3v) is 3.80. The molecule has 2 aromatic rings. The Hall–Kier alpha value is -1.95. The van der Waals surface area contributed by atoms with Gasteiger partial charge in [0.15, 0.2) is 0 Å². The number of nitrogen functional groups attached to an aromatic ring is 1. The van der Waals surface area contributed by atoms with Crippen LogP contribution in [0.15, 0.2) is 48.5 Å². The van der Waals surface area contributed by atoms with Gasteiger partial charge in [0.1, 0.15) is 11.8 Å². The number of hydrogen-bond acceptors (Lipinski definition) is 4. The monoisotopic (exact) mass is 385 g/mol. The Labute approximate surface area is 161 Å². The third kappa shape index (κ3) is 5.81. The number of nitrogens with one attached hydrogen (secondary N) is 1. The number of benzene rings is 2. The molecular formula is C18H25Cl2N3O2. The highest BCUT2D eigenvalue weighted by Crippen LogP contribution is 2.26. The molecule has 0 saturated heterocycles. The van der Waals surface area contributed by atoms with E-state index in [4.69, 9.17) is 10.5 Å². The Kier molecular flexibility index (Phi) is 9.98. The second kappa shape index (κ2) is 10.8. The molecule has 1 atom stereocenters. The minimum Gasteiger partial charge on any atom is -0.495 e. The van der Waals surface area contributed by atoms with Crippen LogP contribution in [-0.2, 0) is 4.79 Å². The number of hydrogen-bond donors (Lipinski definition) is 2. The highest BCUT2D eigenvalue weighted by atomic mass is 35.5. The molecule has 1 amide bonds. The van der Waals surface area contributed by atoms with E-state index in [0.717, 1.165) is 12.1 Å². The van der Waals surface area contributed by atoms with Crippen LogP contribution in [0, 0.1) is 0 Å². The Bertz CT molecular complexity index is 669. The highest BCUT2D eigenvalue weighted by molar-refractivity contribution is 5.96. The highest BCUT2D eigenvalue weighted by Gasteiger charge is 2.24. The Balaban J connectivity index is 0.00000288. The summed E-state index contributed by atoms with van der Waals surface area (Å²) in [6.07, 6.45) is 0. The third-order valence-electron chi connectivity index (χ3n) is 3.80. The van der Waals surface area contributed by atoms with Crippen LogP contribution in [0.1, 0.15) is 18.5 Å². The SMILES string of the molecule is CCN(C)C(C(=O)Nc1ccc(OC)c(N)c1)c1ccccc1.Cl.Cl. The number of amides is 1. The minimum absolute atomic E-state index is 0. The second-order valence-corrected chi connectivity index (χ2v) is 5.33. The van der Waals surface area contributed by atoms with Gasteiger partial charge >= 0.3 is 0 Å².